The highest BCUT2D eigenvalue weighted by atomic mass is 16.6. The van der Waals surface area contributed by atoms with Crippen LogP contribution in [0.1, 0.15) is 74.1 Å². The maximum absolute atomic E-state index is 13.2. The van der Waals surface area contributed by atoms with Crippen molar-refractivity contribution >= 4 is 23.8 Å². The lowest BCUT2D eigenvalue weighted by atomic mass is 9.66. The Labute approximate surface area is 183 Å². The molecule has 2 amide bonds. The summed E-state index contributed by atoms with van der Waals surface area (Å²) in [5.41, 5.74) is -4.96. The van der Waals surface area contributed by atoms with E-state index in [0.29, 0.717) is 25.7 Å². The Morgan fingerprint density at radius 1 is 0.806 bits per heavy atom. The van der Waals surface area contributed by atoms with E-state index in [2.05, 4.69) is 10.6 Å². The molecular weight excluding hydrogens is 400 g/mol. The Bertz CT molecular complexity index is 896. The van der Waals surface area contributed by atoms with Gasteiger partial charge in [-0.2, -0.15) is 0 Å². The van der Waals surface area contributed by atoms with Gasteiger partial charge in [0.25, 0.3) is 11.8 Å². The Morgan fingerprint density at radius 3 is 1.58 bits per heavy atom. The molecule has 0 aromatic carbocycles. The molecule has 4 rings (SSSR count). The first-order valence-corrected chi connectivity index (χ1v) is 11.2. The molecule has 2 aliphatic carbocycles. The number of esters is 2. The van der Waals surface area contributed by atoms with E-state index < -0.39 is 38.9 Å². The molecule has 0 radical (unpaired) electrons. The molecule has 4 aliphatic rings. The lowest BCUT2D eigenvalue weighted by Crippen LogP contribution is -2.58. The Kier molecular flexibility index (Phi) is 4.28. The minimum absolute atomic E-state index is 0.179. The Morgan fingerprint density at radius 2 is 1.23 bits per heavy atom. The maximum atomic E-state index is 13.2. The molecule has 0 aromatic rings. The van der Waals surface area contributed by atoms with Gasteiger partial charge in [-0.3, -0.25) is 19.2 Å². The first-order valence-electron chi connectivity index (χ1n) is 11.2. The molecule has 2 heterocycles. The normalized spacial score (nSPS) is 42.2. The first-order chi connectivity index (χ1) is 14.1. The number of rotatable bonds is 5. The maximum Gasteiger partial charge on any atom is 0.313 e. The average Bonchev–Trinajstić information content (AvgIpc) is 3.14. The quantitative estimate of drug-likeness (QED) is 0.639. The zero-order chi connectivity index (χ0) is 23.3. The van der Waals surface area contributed by atoms with Crippen molar-refractivity contribution < 1.29 is 28.7 Å². The van der Waals surface area contributed by atoms with E-state index in [9.17, 15) is 19.2 Å². The molecule has 4 fully saturated rings. The van der Waals surface area contributed by atoms with Crippen LogP contribution in [0.15, 0.2) is 0 Å². The monoisotopic (exact) mass is 434 g/mol. The number of hydrogen-bond acceptors (Lipinski definition) is 6. The summed E-state index contributed by atoms with van der Waals surface area (Å²) in [5, 5.41) is 5.79. The summed E-state index contributed by atoms with van der Waals surface area (Å²) in [6, 6.07) is -0.391. The summed E-state index contributed by atoms with van der Waals surface area (Å²) >= 11 is 0. The van der Waals surface area contributed by atoms with Gasteiger partial charge in [0.1, 0.15) is 0 Å². The molecule has 2 saturated carbocycles. The predicted molar refractivity (Wildman–Crippen MR) is 111 cm³/mol. The van der Waals surface area contributed by atoms with Crippen LogP contribution in [-0.2, 0) is 28.7 Å². The summed E-state index contributed by atoms with van der Waals surface area (Å²) in [7, 11) is 0. The fraction of sp³-hybridized carbons (Fsp3) is 0.826. The summed E-state index contributed by atoms with van der Waals surface area (Å²) in [5.74, 6) is -1.30. The van der Waals surface area contributed by atoms with Crippen LogP contribution in [0, 0.1) is 21.7 Å². The highest BCUT2D eigenvalue weighted by molar-refractivity contribution is 5.97. The summed E-state index contributed by atoms with van der Waals surface area (Å²) in [6.45, 7) is 13.3. The second kappa shape index (κ2) is 6.01. The van der Waals surface area contributed by atoms with Crippen LogP contribution in [0.4, 0.5) is 0 Å². The third kappa shape index (κ3) is 2.26. The second-order valence-corrected chi connectivity index (χ2v) is 11.4. The minimum Gasteiger partial charge on any atom is -0.448 e. The molecular formula is C23H34N2O6. The van der Waals surface area contributed by atoms with E-state index in [-0.39, 0.29) is 30.3 Å². The van der Waals surface area contributed by atoms with Gasteiger partial charge in [-0.15, -0.1) is 0 Å². The largest absolute Gasteiger partial charge is 0.448 e. The highest BCUT2D eigenvalue weighted by Gasteiger charge is 2.76. The van der Waals surface area contributed by atoms with E-state index >= 15 is 0 Å². The number of nitrogens with one attached hydrogen (secondary N) is 2. The van der Waals surface area contributed by atoms with E-state index in [0.717, 1.165) is 0 Å². The topological polar surface area (TPSA) is 111 Å². The molecule has 2 saturated heterocycles. The van der Waals surface area contributed by atoms with Gasteiger partial charge >= 0.3 is 11.9 Å². The molecule has 2 N–H and O–H groups in total. The molecule has 4 bridgehead atoms. The third-order valence-corrected chi connectivity index (χ3v) is 9.85. The lowest BCUT2D eigenvalue weighted by molar-refractivity contribution is -0.169. The van der Waals surface area contributed by atoms with E-state index in [1.165, 1.54) is 0 Å². The van der Waals surface area contributed by atoms with Crippen molar-refractivity contribution in [3.63, 3.8) is 0 Å². The second-order valence-electron chi connectivity index (χ2n) is 11.4. The summed E-state index contributed by atoms with van der Waals surface area (Å²) < 4.78 is 11.2. The zero-order valence-electron chi connectivity index (χ0n) is 19.6. The van der Waals surface area contributed by atoms with E-state index in [4.69, 9.17) is 9.47 Å². The molecule has 8 heteroatoms. The fourth-order valence-corrected chi connectivity index (χ4v) is 6.27. The van der Waals surface area contributed by atoms with Crippen LogP contribution < -0.4 is 10.6 Å². The van der Waals surface area contributed by atoms with Gasteiger partial charge in [0.15, 0.2) is 11.2 Å². The lowest BCUT2D eigenvalue weighted by Gasteiger charge is -2.37. The summed E-state index contributed by atoms with van der Waals surface area (Å²) in [6.07, 6.45) is 2.19. The van der Waals surface area contributed by atoms with Crippen LogP contribution >= 0.6 is 0 Å². The van der Waals surface area contributed by atoms with Crippen LogP contribution in [0.5, 0.6) is 0 Å². The molecule has 31 heavy (non-hydrogen) atoms. The van der Waals surface area contributed by atoms with Crippen molar-refractivity contribution in [3.8, 4) is 0 Å². The van der Waals surface area contributed by atoms with Crippen LogP contribution in [-0.4, -0.2) is 47.5 Å². The van der Waals surface area contributed by atoms with E-state index in [1.807, 2.05) is 41.5 Å². The predicted octanol–water partition coefficient (Wildman–Crippen LogP) is 1.85. The SMILES string of the molecule is C[C@@H](CNC(=O)[C@@]12CC[C@@](C)(C(=O)O1)C2(C)C)NC(=O)[C@@]12CC[C@@](C)(C(=O)O1)C2(C)C. The zero-order valence-corrected chi connectivity index (χ0v) is 19.6. The molecule has 0 spiro atoms. The number of amides is 2. The summed E-state index contributed by atoms with van der Waals surface area (Å²) in [4.78, 5) is 51.1. The third-order valence-electron chi connectivity index (χ3n) is 9.85. The van der Waals surface area contributed by atoms with Gasteiger partial charge in [-0.1, -0.05) is 27.7 Å². The smallest absolute Gasteiger partial charge is 0.313 e. The Balaban J connectivity index is 1.41. The van der Waals surface area contributed by atoms with Gasteiger partial charge in [0.05, 0.1) is 10.8 Å². The molecule has 172 valence electrons. The van der Waals surface area contributed by atoms with Crippen LogP contribution in [0.25, 0.3) is 0 Å². The molecule has 0 aromatic heterocycles. The fourth-order valence-electron chi connectivity index (χ4n) is 6.27. The van der Waals surface area contributed by atoms with Gasteiger partial charge in [-0.05, 0) is 46.5 Å². The molecule has 2 aliphatic heterocycles. The van der Waals surface area contributed by atoms with Crippen LogP contribution in [0.3, 0.4) is 0 Å². The van der Waals surface area contributed by atoms with Gasteiger partial charge in [-0.25, -0.2) is 0 Å². The number of carbonyl (C=O) groups is 4. The average molecular weight is 435 g/mol. The molecule has 0 unspecified atom stereocenters. The van der Waals surface area contributed by atoms with Crippen molar-refractivity contribution in [3.05, 3.63) is 0 Å². The van der Waals surface area contributed by atoms with Crippen LogP contribution in [0.2, 0.25) is 0 Å². The van der Waals surface area contributed by atoms with Gasteiger partial charge in [0, 0.05) is 23.4 Å². The highest BCUT2D eigenvalue weighted by Crippen LogP contribution is 2.66. The Hall–Kier alpha value is -2.12. The molecule has 5 atom stereocenters. The van der Waals surface area contributed by atoms with Crippen molar-refractivity contribution in [2.45, 2.75) is 91.4 Å². The van der Waals surface area contributed by atoms with Crippen molar-refractivity contribution in [1.29, 1.82) is 0 Å². The van der Waals surface area contributed by atoms with Crippen molar-refractivity contribution in [2.75, 3.05) is 6.54 Å². The van der Waals surface area contributed by atoms with Crippen molar-refractivity contribution in [1.82, 2.24) is 10.6 Å². The van der Waals surface area contributed by atoms with Gasteiger partial charge in [0.2, 0.25) is 0 Å². The van der Waals surface area contributed by atoms with E-state index in [1.54, 1.807) is 6.92 Å². The van der Waals surface area contributed by atoms with Gasteiger partial charge < -0.3 is 20.1 Å². The standard InChI is InChI=1S/C23H34N2O6/c1-13(25-15(27)23-11-9-21(7,17(29)31-23)19(23,4)5)12-24-14(26)22-10-8-20(6,16(28)30-22)18(22,2)3/h13H,8-12H2,1-7H3,(H,24,26)(H,25,27)/t13-,20-,21-,22+,23+/m0/s1. The first kappa shape index (κ1) is 22.1. The number of ether oxygens (including phenoxy) is 2. The molecule has 8 nitrogen and oxygen atoms in total. The minimum atomic E-state index is -1.19. The number of fused-ring (bicyclic) bond motifs is 4. The number of hydrogen-bond donors (Lipinski definition) is 2. The number of carbonyl (C=O) groups excluding carboxylic acids is 4. The van der Waals surface area contributed by atoms with Crippen molar-refractivity contribution in [2.24, 2.45) is 21.7 Å².